The number of carbonyl (C=O) groups is 1. The van der Waals surface area contributed by atoms with Crippen molar-refractivity contribution in [2.45, 2.75) is 6.18 Å². The highest BCUT2D eigenvalue weighted by atomic mass is 79.9. The molecule has 29 heavy (non-hydrogen) atoms. The van der Waals surface area contributed by atoms with Crippen LogP contribution in [0.2, 0.25) is 5.02 Å². The first-order valence-corrected chi connectivity index (χ1v) is 10.8. The van der Waals surface area contributed by atoms with E-state index in [1.165, 1.54) is 6.21 Å². The van der Waals surface area contributed by atoms with E-state index in [9.17, 15) is 26.4 Å². The van der Waals surface area contributed by atoms with Gasteiger partial charge in [0.1, 0.15) is 6.54 Å². The molecular formula is C17H14BrClF3N3O3S. The number of hydrogen-bond acceptors (Lipinski definition) is 4. The summed E-state index contributed by atoms with van der Waals surface area (Å²) in [4.78, 5) is 12.1. The van der Waals surface area contributed by atoms with Crippen LogP contribution in [0.3, 0.4) is 0 Å². The van der Waals surface area contributed by atoms with Gasteiger partial charge >= 0.3 is 6.18 Å². The van der Waals surface area contributed by atoms with Crippen molar-refractivity contribution in [2.24, 2.45) is 5.10 Å². The van der Waals surface area contributed by atoms with Crippen molar-refractivity contribution in [1.29, 1.82) is 0 Å². The van der Waals surface area contributed by atoms with Crippen molar-refractivity contribution in [2.75, 3.05) is 17.1 Å². The molecule has 0 spiro atoms. The monoisotopic (exact) mass is 511 g/mol. The predicted octanol–water partition coefficient (Wildman–Crippen LogP) is 4.04. The van der Waals surface area contributed by atoms with Gasteiger partial charge in [0.05, 0.1) is 28.7 Å². The Kier molecular flexibility index (Phi) is 7.30. The van der Waals surface area contributed by atoms with E-state index in [-0.39, 0.29) is 5.69 Å². The average molecular weight is 513 g/mol. The second-order valence-corrected chi connectivity index (χ2v) is 9.01. The Hall–Kier alpha value is -2.11. The quantitative estimate of drug-likeness (QED) is 0.469. The summed E-state index contributed by atoms with van der Waals surface area (Å²) in [5.74, 6) is -0.840. The Morgan fingerprint density at radius 2 is 1.86 bits per heavy atom. The number of anilines is 1. The minimum Gasteiger partial charge on any atom is -0.271 e. The van der Waals surface area contributed by atoms with Crippen molar-refractivity contribution >= 4 is 55.4 Å². The molecule has 0 unspecified atom stereocenters. The summed E-state index contributed by atoms with van der Waals surface area (Å²) in [6.45, 7) is -0.768. The molecule has 0 radical (unpaired) electrons. The maximum atomic E-state index is 13.1. The molecule has 0 aromatic heterocycles. The maximum Gasteiger partial charge on any atom is 0.417 e. The number of hydrazone groups is 1. The van der Waals surface area contributed by atoms with Crippen molar-refractivity contribution in [1.82, 2.24) is 5.43 Å². The zero-order valence-corrected chi connectivity index (χ0v) is 17.9. The normalized spacial score (nSPS) is 12.2. The zero-order chi connectivity index (χ0) is 21.8. The minimum absolute atomic E-state index is 0.351. The molecule has 0 bridgehead atoms. The number of amides is 1. The van der Waals surface area contributed by atoms with E-state index in [0.29, 0.717) is 15.9 Å². The van der Waals surface area contributed by atoms with Crippen molar-refractivity contribution < 1.29 is 26.4 Å². The summed E-state index contributed by atoms with van der Waals surface area (Å²) in [5.41, 5.74) is 1.25. The van der Waals surface area contributed by atoms with Crippen LogP contribution in [-0.2, 0) is 21.0 Å². The van der Waals surface area contributed by atoms with Crippen LogP contribution in [0.15, 0.2) is 52.0 Å². The summed E-state index contributed by atoms with van der Waals surface area (Å²) in [5, 5.41) is 3.12. The lowest BCUT2D eigenvalue weighted by atomic mass is 10.2. The Morgan fingerprint density at radius 3 is 2.41 bits per heavy atom. The van der Waals surface area contributed by atoms with Crippen LogP contribution in [0.5, 0.6) is 0 Å². The smallest absolute Gasteiger partial charge is 0.271 e. The number of carbonyl (C=O) groups excluding carboxylic acids is 1. The standard InChI is InChI=1S/C17H14BrClF3N3O3S/c1-29(27,28)25(13-6-7-15(19)14(8-13)17(20,21)22)10-16(26)24-23-9-11-2-4-12(18)5-3-11/h2-9H,10H2,1H3,(H,24,26)/b23-9-. The summed E-state index contributed by atoms with van der Waals surface area (Å²) in [6.07, 6.45) is -2.68. The van der Waals surface area contributed by atoms with Crippen LogP contribution in [0.1, 0.15) is 11.1 Å². The Labute approximate surface area is 178 Å². The number of halogens is 5. The molecule has 6 nitrogen and oxygen atoms in total. The van der Waals surface area contributed by atoms with E-state index < -0.39 is 39.2 Å². The maximum absolute atomic E-state index is 13.1. The number of sulfonamides is 1. The van der Waals surface area contributed by atoms with Gasteiger partial charge in [-0.25, -0.2) is 13.8 Å². The van der Waals surface area contributed by atoms with Crippen LogP contribution < -0.4 is 9.73 Å². The lowest BCUT2D eigenvalue weighted by molar-refractivity contribution is -0.137. The van der Waals surface area contributed by atoms with Gasteiger partial charge in [0.2, 0.25) is 10.0 Å². The molecule has 0 aliphatic carbocycles. The molecule has 0 aliphatic rings. The molecule has 0 heterocycles. The van der Waals surface area contributed by atoms with E-state index in [1.807, 2.05) is 0 Å². The Balaban J connectivity index is 2.19. The largest absolute Gasteiger partial charge is 0.417 e. The highest BCUT2D eigenvalue weighted by Gasteiger charge is 2.34. The SMILES string of the molecule is CS(=O)(=O)N(CC(=O)N/N=C\c1ccc(Br)cc1)c1ccc(Cl)c(C(F)(F)F)c1. The van der Waals surface area contributed by atoms with Crippen LogP contribution in [0.4, 0.5) is 18.9 Å². The van der Waals surface area contributed by atoms with E-state index >= 15 is 0 Å². The van der Waals surface area contributed by atoms with Gasteiger partial charge in [-0.2, -0.15) is 18.3 Å². The first kappa shape index (κ1) is 23.2. The number of nitrogens with zero attached hydrogens (tertiary/aromatic N) is 2. The summed E-state index contributed by atoms with van der Waals surface area (Å²) in [7, 11) is -4.07. The molecular weight excluding hydrogens is 499 g/mol. The number of rotatable bonds is 6. The summed E-state index contributed by atoms with van der Waals surface area (Å²) in [6, 6.07) is 9.52. The minimum atomic E-state index is -4.78. The van der Waals surface area contributed by atoms with Crippen LogP contribution in [0, 0.1) is 0 Å². The molecule has 1 amide bonds. The van der Waals surface area contributed by atoms with Gasteiger partial charge in [-0.3, -0.25) is 9.10 Å². The van der Waals surface area contributed by atoms with E-state index in [1.54, 1.807) is 24.3 Å². The number of alkyl halides is 3. The first-order valence-electron chi connectivity index (χ1n) is 7.80. The fourth-order valence-corrected chi connectivity index (χ4v) is 3.52. The van der Waals surface area contributed by atoms with Crippen LogP contribution in [0.25, 0.3) is 0 Å². The fraction of sp³-hybridized carbons (Fsp3) is 0.176. The topological polar surface area (TPSA) is 78.8 Å². The Morgan fingerprint density at radius 1 is 1.24 bits per heavy atom. The first-order chi connectivity index (χ1) is 13.4. The Bertz CT molecular complexity index is 1030. The second kappa shape index (κ2) is 9.14. The van der Waals surface area contributed by atoms with E-state index in [4.69, 9.17) is 11.6 Å². The molecule has 0 aliphatic heterocycles. The average Bonchev–Trinajstić information content (AvgIpc) is 2.60. The molecule has 2 aromatic rings. The third-order valence-corrected chi connectivity index (χ3v) is 5.50. The van der Waals surface area contributed by atoms with Crippen molar-refractivity contribution in [3.63, 3.8) is 0 Å². The van der Waals surface area contributed by atoms with Crippen LogP contribution in [-0.4, -0.2) is 33.3 Å². The molecule has 2 aromatic carbocycles. The lowest BCUT2D eigenvalue weighted by Gasteiger charge is -2.22. The third-order valence-electron chi connectivity index (χ3n) is 3.50. The van der Waals surface area contributed by atoms with Gasteiger partial charge in [0.15, 0.2) is 0 Å². The van der Waals surface area contributed by atoms with Crippen LogP contribution >= 0.6 is 27.5 Å². The van der Waals surface area contributed by atoms with Gasteiger partial charge in [-0.15, -0.1) is 0 Å². The third kappa shape index (κ3) is 6.72. The summed E-state index contributed by atoms with van der Waals surface area (Å²) < 4.78 is 64.6. The van der Waals surface area contributed by atoms with Gasteiger partial charge in [-0.1, -0.05) is 39.7 Å². The van der Waals surface area contributed by atoms with Gasteiger partial charge in [-0.05, 0) is 35.9 Å². The van der Waals surface area contributed by atoms with E-state index in [0.717, 1.165) is 22.9 Å². The molecule has 0 saturated carbocycles. The number of benzene rings is 2. The molecule has 156 valence electrons. The van der Waals surface area contributed by atoms with Crippen molar-refractivity contribution in [3.05, 3.63) is 63.1 Å². The fourth-order valence-electron chi connectivity index (χ4n) is 2.18. The van der Waals surface area contributed by atoms with Crippen molar-refractivity contribution in [3.8, 4) is 0 Å². The highest BCUT2D eigenvalue weighted by Crippen LogP contribution is 2.37. The molecule has 2 rings (SSSR count). The second-order valence-electron chi connectivity index (χ2n) is 5.78. The highest BCUT2D eigenvalue weighted by molar-refractivity contribution is 9.10. The molecule has 0 atom stereocenters. The predicted molar refractivity (Wildman–Crippen MR) is 109 cm³/mol. The molecule has 1 N–H and O–H groups in total. The number of hydrogen-bond donors (Lipinski definition) is 1. The number of nitrogens with one attached hydrogen (secondary N) is 1. The summed E-state index contributed by atoms with van der Waals surface area (Å²) >= 11 is 8.82. The molecule has 0 fully saturated rings. The van der Waals surface area contributed by atoms with Gasteiger partial charge < -0.3 is 0 Å². The van der Waals surface area contributed by atoms with Gasteiger partial charge in [0, 0.05) is 4.47 Å². The van der Waals surface area contributed by atoms with Gasteiger partial charge in [0.25, 0.3) is 5.91 Å². The van der Waals surface area contributed by atoms with E-state index in [2.05, 4.69) is 26.5 Å². The zero-order valence-electron chi connectivity index (χ0n) is 14.7. The molecule has 12 heteroatoms. The lowest BCUT2D eigenvalue weighted by Crippen LogP contribution is -2.39. The molecule has 0 saturated heterocycles.